The number of aromatic amines is 1. The molecule has 0 aliphatic carbocycles. The van der Waals surface area contributed by atoms with E-state index in [1.54, 1.807) is 13.2 Å². The molecule has 2 N–H and O–H groups in total. The summed E-state index contributed by atoms with van der Waals surface area (Å²) in [5, 5.41) is 4.17. The summed E-state index contributed by atoms with van der Waals surface area (Å²) in [4.78, 5) is 15.6. The van der Waals surface area contributed by atoms with Crippen molar-refractivity contribution in [3.8, 4) is 5.75 Å². The summed E-state index contributed by atoms with van der Waals surface area (Å²) in [5.74, 6) is 0.702. The lowest BCUT2D eigenvalue weighted by molar-refractivity contribution is -0.890. The second-order valence-corrected chi connectivity index (χ2v) is 9.00. The summed E-state index contributed by atoms with van der Waals surface area (Å²) >= 11 is 0. The summed E-state index contributed by atoms with van der Waals surface area (Å²) in [6, 6.07) is 14.0. The highest BCUT2D eigenvalue weighted by molar-refractivity contribution is 5.93. The first-order chi connectivity index (χ1) is 15.4. The van der Waals surface area contributed by atoms with Gasteiger partial charge in [-0.05, 0) is 53.5 Å². The summed E-state index contributed by atoms with van der Waals surface area (Å²) in [6.07, 6.45) is 9.13. The highest BCUT2D eigenvalue weighted by Crippen LogP contribution is 2.22. The van der Waals surface area contributed by atoms with Crippen LogP contribution in [-0.4, -0.2) is 49.7 Å². The number of aromatic nitrogens is 1. The van der Waals surface area contributed by atoms with E-state index in [1.165, 1.54) is 30.3 Å². The third kappa shape index (κ3) is 6.72. The molecule has 5 heteroatoms. The Bertz CT molecular complexity index is 1050. The van der Waals surface area contributed by atoms with Crippen molar-refractivity contribution in [3.05, 3.63) is 71.4 Å². The molecule has 0 unspecified atom stereocenters. The van der Waals surface area contributed by atoms with Crippen LogP contribution >= 0.6 is 0 Å². The fraction of sp³-hybridized carbons (Fsp3) is 0.370. The van der Waals surface area contributed by atoms with Crippen LogP contribution in [0.1, 0.15) is 36.5 Å². The molecule has 5 nitrogen and oxygen atoms in total. The lowest BCUT2D eigenvalue weighted by Gasteiger charge is -2.29. The average molecular weight is 435 g/mol. The molecular weight excluding hydrogens is 398 g/mol. The number of hydrogen-bond acceptors (Lipinski definition) is 2. The fourth-order valence-corrected chi connectivity index (χ4v) is 3.79. The Morgan fingerprint density at radius 2 is 1.91 bits per heavy atom. The number of hydrogen-bond donors (Lipinski definition) is 2. The monoisotopic (exact) mass is 434 g/mol. The SMILES string of the molecule is CCCC[N+](C)(C)CCc1c[nH]c2ccc(C=CC(=O)NCc3ccc(OC)cc3)cc12. The van der Waals surface area contributed by atoms with Crippen molar-refractivity contribution in [1.82, 2.24) is 10.3 Å². The second kappa shape index (κ2) is 11.0. The van der Waals surface area contributed by atoms with E-state index in [9.17, 15) is 4.79 Å². The van der Waals surface area contributed by atoms with Gasteiger partial charge in [0.1, 0.15) is 5.75 Å². The van der Waals surface area contributed by atoms with Crippen LogP contribution in [-0.2, 0) is 17.8 Å². The summed E-state index contributed by atoms with van der Waals surface area (Å²) in [5.41, 5.74) is 4.53. The normalized spacial score (nSPS) is 11.9. The molecule has 0 saturated carbocycles. The molecule has 0 aliphatic heterocycles. The smallest absolute Gasteiger partial charge is 0.244 e. The minimum Gasteiger partial charge on any atom is -0.497 e. The van der Waals surface area contributed by atoms with E-state index in [0.29, 0.717) is 6.54 Å². The van der Waals surface area contributed by atoms with Gasteiger partial charge in [-0.2, -0.15) is 0 Å². The number of carbonyl (C=O) groups is 1. The molecule has 0 spiro atoms. The molecule has 3 aromatic rings. The molecule has 0 radical (unpaired) electrons. The van der Waals surface area contributed by atoms with E-state index in [1.807, 2.05) is 36.4 Å². The number of ether oxygens (including phenoxy) is 1. The van der Waals surface area contributed by atoms with Crippen LogP contribution in [0.25, 0.3) is 17.0 Å². The highest BCUT2D eigenvalue weighted by atomic mass is 16.5. The molecule has 1 heterocycles. The molecule has 0 atom stereocenters. The molecule has 2 aromatic carbocycles. The van der Waals surface area contributed by atoms with Gasteiger partial charge in [-0.25, -0.2) is 0 Å². The maximum absolute atomic E-state index is 12.3. The number of quaternary nitrogens is 1. The molecule has 1 amide bonds. The quantitative estimate of drug-likeness (QED) is 0.332. The molecule has 1 aromatic heterocycles. The molecular formula is C27H36N3O2+. The number of H-pyrrole nitrogens is 1. The molecule has 0 saturated heterocycles. The van der Waals surface area contributed by atoms with Crippen LogP contribution in [0.5, 0.6) is 5.75 Å². The van der Waals surface area contributed by atoms with E-state index < -0.39 is 0 Å². The third-order valence-electron chi connectivity index (χ3n) is 5.95. The molecule has 170 valence electrons. The number of amides is 1. The first-order valence-corrected chi connectivity index (χ1v) is 11.4. The van der Waals surface area contributed by atoms with Crippen molar-refractivity contribution in [3.63, 3.8) is 0 Å². The zero-order valence-corrected chi connectivity index (χ0v) is 19.8. The van der Waals surface area contributed by atoms with Gasteiger partial charge in [-0.1, -0.05) is 31.5 Å². The van der Waals surface area contributed by atoms with Gasteiger partial charge in [0.2, 0.25) is 5.91 Å². The predicted molar refractivity (Wildman–Crippen MR) is 133 cm³/mol. The van der Waals surface area contributed by atoms with Crippen molar-refractivity contribution in [2.45, 2.75) is 32.7 Å². The standard InChI is InChI=1S/C27H35N3O2/c1-5-6-16-30(2,3)17-15-23-20-28-26-13-9-21(18-25(23)26)10-14-27(31)29-19-22-7-11-24(32-4)12-8-22/h7-14,18,20H,5-6,15-17,19H2,1-4H3,(H-,28,29,31)/p+1. The van der Waals surface area contributed by atoms with Gasteiger partial charge in [0.25, 0.3) is 0 Å². The Balaban J connectivity index is 1.60. The highest BCUT2D eigenvalue weighted by Gasteiger charge is 2.15. The molecule has 3 rings (SSSR count). The average Bonchev–Trinajstić information content (AvgIpc) is 3.21. The van der Waals surface area contributed by atoms with Crippen LogP contribution in [0, 0.1) is 0 Å². The van der Waals surface area contributed by atoms with Crippen molar-refractivity contribution in [2.75, 3.05) is 34.3 Å². The van der Waals surface area contributed by atoms with Gasteiger partial charge in [0, 0.05) is 36.1 Å². The Hall–Kier alpha value is -3.05. The van der Waals surface area contributed by atoms with E-state index in [2.05, 4.69) is 49.6 Å². The number of likely N-dealkylation sites (N-methyl/N-ethyl adjacent to an activating group) is 1. The van der Waals surface area contributed by atoms with E-state index in [-0.39, 0.29) is 5.91 Å². The van der Waals surface area contributed by atoms with Crippen molar-refractivity contribution in [1.29, 1.82) is 0 Å². The number of fused-ring (bicyclic) bond motifs is 1. The van der Waals surface area contributed by atoms with Crippen LogP contribution < -0.4 is 10.1 Å². The number of unbranched alkanes of at least 4 members (excludes halogenated alkanes) is 1. The third-order valence-corrected chi connectivity index (χ3v) is 5.95. The Morgan fingerprint density at radius 1 is 1.12 bits per heavy atom. The first-order valence-electron chi connectivity index (χ1n) is 11.4. The lowest BCUT2D eigenvalue weighted by Crippen LogP contribution is -2.42. The van der Waals surface area contributed by atoms with Crippen molar-refractivity contribution in [2.24, 2.45) is 0 Å². The van der Waals surface area contributed by atoms with Crippen molar-refractivity contribution >= 4 is 22.9 Å². The van der Waals surface area contributed by atoms with Gasteiger partial charge < -0.3 is 19.5 Å². The number of nitrogens with zero attached hydrogens (tertiary/aromatic N) is 1. The van der Waals surface area contributed by atoms with Gasteiger partial charge in [0.15, 0.2) is 0 Å². The Kier molecular flexibility index (Phi) is 8.12. The van der Waals surface area contributed by atoms with Crippen LogP contribution in [0.4, 0.5) is 0 Å². The van der Waals surface area contributed by atoms with E-state index >= 15 is 0 Å². The van der Waals surface area contributed by atoms with Gasteiger partial charge in [-0.3, -0.25) is 4.79 Å². The second-order valence-electron chi connectivity index (χ2n) is 9.00. The minimum atomic E-state index is -0.106. The predicted octanol–water partition coefficient (Wildman–Crippen LogP) is 4.93. The number of benzene rings is 2. The Morgan fingerprint density at radius 3 is 2.62 bits per heavy atom. The molecule has 32 heavy (non-hydrogen) atoms. The fourth-order valence-electron chi connectivity index (χ4n) is 3.79. The minimum absolute atomic E-state index is 0.106. The van der Waals surface area contributed by atoms with Crippen LogP contribution in [0.2, 0.25) is 0 Å². The maximum atomic E-state index is 12.3. The maximum Gasteiger partial charge on any atom is 0.244 e. The summed E-state index contributed by atoms with van der Waals surface area (Å²) in [6.45, 7) is 5.05. The number of nitrogens with one attached hydrogen (secondary N) is 2. The van der Waals surface area contributed by atoms with Crippen LogP contribution in [0.15, 0.2) is 54.7 Å². The topological polar surface area (TPSA) is 54.1 Å². The zero-order chi connectivity index (χ0) is 23.0. The van der Waals surface area contributed by atoms with Crippen LogP contribution in [0.3, 0.4) is 0 Å². The van der Waals surface area contributed by atoms with Gasteiger partial charge in [-0.15, -0.1) is 0 Å². The number of carbonyl (C=O) groups excluding carboxylic acids is 1. The largest absolute Gasteiger partial charge is 0.497 e. The van der Waals surface area contributed by atoms with E-state index in [4.69, 9.17) is 4.74 Å². The molecule has 0 bridgehead atoms. The summed E-state index contributed by atoms with van der Waals surface area (Å²) in [7, 11) is 6.26. The number of rotatable bonds is 11. The summed E-state index contributed by atoms with van der Waals surface area (Å²) < 4.78 is 6.20. The first kappa shape index (κ1) is 23.6. The van der Waals surface area contributed by atoms with E-state index in [0.717, 1.165) is 39.8 Å². The lowest BCUT2D eigenvalue weighted by atomic mass is 10.1. The van der Waals surface area contributed by atoms with Gasteiger partial charge >= 0.3 is 0 Å². The van der Waals surface area contributed by atoms with Crippen molar-refractivity contribution < 1.29 is 14.0 Å². The zero-order valence-electron chi connectivity index (χ0n) is 19.8. The molecule has 0 aliphatic rings. The molecule has 0 fully saturated rings. The number of methoxy groups -OCH3 is 1. The van der Waals surface area contributed by atoms with Gasteiger partial charge in [0.05, 0.1) is 34.3 Å². The Labute approximate surface area is 191 Å².